The maximum atomic E-state index is 13.0. The lowest BCUT2D eigenvalue weighted by Gasteiger charge is -2.27. The molecule has 0 radical (unpaired) electrons. The fourth-order valence-electron chi connectivity index (χ4n) is 6.78. The minimum atomic E-state index is -0.608. The molecule has 14 nitrogen and oxygen atoms in total. The van der Waals surface area contributed by atoms with E-state index in [2.05, 4.69) is 9.97 Å². The van der Waals surface area contributed by atoms with Crippen LogP contribution in [0.3, 0.4) is 0 Å². The Morgan fingerprint density at radius 2 is 1.07 bits per heavy atom. The minimum absolute atomic E-state index is 0.307. The third-order valence-electron chi connectivity index (χ3n) is 9.29. The van der Waals surface area contributed by atoms with Gasteiger partial charge in [-0.25, -0.2) is 19.6 Å². The molecule has 4 aromatic rings. The van der Waals surface area contributed by atoms with Crippen LogP contribution in [0.15, 0.2) is 57.6 Å². The van der Waals surface area contributed by atoms with E-state index in [1.165, 1.54) is 0 Å². The average Bonchev–Trinajstić information content (AvgIpc) is 3.97. The van der Waals surface area contributed by atoms with Crippen molar-refractivity contribution in [1.29, 1.82) is 0 Å². The van der Waals surface area contributed by atoms with Crippen LogP contribution in [0.4, 0.5) is 9.59 Å². The molecule has 0 saturated carbocycles. The topological polar surface area (TPSA) is 148 Å². The van der Waals surface area contributed by atoms with Crippen LogP contribution in [-0.2, 0) is 18.9 Å². The van der Waals surface area contributed by atoms with Crippen molar-refractivity contribution < 1.29 is 46.8 Å². The van der Waals surface area contributed by atoms with E-state index in [-0.39, 0.29) is 24.3 Å². The number of oxazole rings is 2. The zero-order valence-electron chi connectivity index (χ0n) is 33.7. The molecule has 4 heterocycles. The van der Waals surface area contributed by atoms with Gasteiger partial charge in [-0.1, -0.05) is 12.1 Å². The smallest absolute Gasteiger partial charge is 0.410 e. The Labute approximate surface area is 328 Å². The third kappa shape index (κ3) is 9.83. The Hall–Kier alpha value is -5.08. The number of benzene rings is 2. The first-order valence-electron chi connectivity index (χ1n) is 19.2. The van der Waals surface area contributed by atoms with Gasteiger partial charge in [0, 0.05) is 49.6 Å². The van der Waals surface area contributed by atoms with E-state index >= 15 is 0 Å². The van der Waals surface area contributed by atoms with E-state index in [4.69, 9.17) is 37.3 Å². The summed E-state index contributed by atoms with van der Waals surface area (Å²) in [5.74, 6) is 3.17. The van der Waals surface area contributed by atoms with E-state index in [1.54, 1.807) is 36.4 Å². The summed E-state index contributed by atoms with van der Waals surface area (Å²) in [5, 5.41) is 0. The largest absolute Gasteiger partial charge is 0.491 e. The molecule has 2 aromatic carbocycles. The SMILES string of the molecule is COCCOc1cc(-c2cnc([C@@H]3CCCN3C(=O)OC(C)(C)C)o2)ccc1-c1ccc(-c2cnc([C@@H]3CCCN3C(=O)OC(C)(C)C)o2)cc1OCCOC. The summed E-state index contributed by atoms with van der Waals surface area (Å²) in [4.78, 5) is 38.5. The number of ether oxygens (including phenoxy) is 6. The van der Waals surface area contributed by atoms with Gasteiger partial charge in [0.15, 0.2) is 11.5 Å². The standard InChI is InChI=1S/C42H54N4O10/c1-41(2,3)55-39(47)45-17-9-11-31(45)37-43-25-35(53-37)27-13-15-29(33(23-27)51-21-19-49-7)30-16-14-28(24-34(30)52-22-20-50-8)36-26-44-38(54-36)32-12-10-18-46(32)40(48)56-42(4,5)6/h13-16,23-26,31-32H,9-12,17-22H2,1-8H3/t31-,32-/m0/s1. The molecule has 0 N–H and O–H groups in total. The highest BCUT2D eigenvalue weighted by Gasteiger charge is 2.37. The number of aromatic nitrogens is 2. The molecule has 2 aliphatic rings. The van der Waals surface area contributed by atoms with Crippen LogP contribution in [0.1, 0.15) is 91.1 Å². The molecule has 2 aromatic heterocycles. The molecule has 2 aliphatic heterocycles. The Morgan fingerprint density at radius 1 is 0.661 bits per heavy atom. The minimum Gasteiger partial charge on any atom is -0.491 e. The summed E-state index contributed by atoms with van der Waals surface area (Å²) in [5.41, 5.74) is 1.86. The zero-order chi connectivity index (χ0) is 40.0. The molecular weight excluding hydrogens is 720 g/mol. The van der Waals surface area contributed by atoms with Gasteiger partial charge in [-0.2, -0.15) is 0 Å². The van der Waals surface area contributed by atoms with E-state index in [9.17, 15) is 9.59 Å². The summed E-state index contributed by atoms with van der Waals surface area (Å²) >= 11 is 0. The molecule has 2 fully saturated rings. The number of carbonyl (C=O) groups excluding carboxylic acids is 2. The van der Waals surface area contributed by atoms with Crippen molar-refractivity contribution in [2.75, 3.05) is 53.7 Å². The maximum Gasteiger partial charge on any atom is 0.410 e. The summed E-state index contributed by atoms with van der Waals surface area (Å²) in [6, 6.07) is 11.0. The van der Waals surface area contributed by atoms with Crippen molar-refractivity contribution in [1.82, 2.24) is 19.8 Å². The molecule has 0 aliphatic carbocycles. The van der Waals surface area contributed by atoms with Gasteiger partial charge >= 0.3 is 12.2 Å². The van der Waals surface area contributed by atoms with E-state index in [0.717, 1.165) is 47.9 Å². The highest BCUT2D eigenvalue weighted by Crippen LogP contribution is 2.43. The number of rotatable bonds is 13. The first-order chi connectivity index (χ1) is 26.7. The molecule has 14 heteroatoms. The maximum absolute atomic E-state index is 13.0. The van der Waals surface area contributed by atoms with Crippen LogP contribution >= 0.6 is 0 Å². The van der Waals surface area contributed by atoms with Gasteiger partial charge in [0.2, 0.25) is 11.8 Å². The number of amides is 2. The average molecular weight is 775 g/mol. The van der Waals surface area contributed by atoms with Crippen molar-refractivity contribution in [3.8, 4) is 45.3 Å². The lowest BCUT2D eigenvalue weighted by molar-refractivity contribution is 0.0195. The van der Waals surface area contributed by atoms with E-state index in [0.29, 0.717) is 74.3 Å². The Kier molecular flexibility index (Phi) is 12.6. The molecule has 2 amide bonds. The van der Waals surface area contributed by atoms with Gasteiger partial charge in [0.1, 0.15) is 48.0 Å². The van der Waals surface area contributed by atoms with Gasteiger partial charge in [0.05, 0.1) is 25.6 Å². The monoisotopic (exact) mass is 774 g/mol. The summed E-state index contributed by atoms with van der Waals surface area (Å²) in [6.07, 6.45) is 5.69. The van der Waals surface area contributed by atoms with Crippen LogP contribution in [-0.4, -0.2) is 96.9 Å². The summed E-state index contributed by atoms with van der Waals surface area (Å²) < 4.78 is 47.1. The second-order valence-electron chi connectivity index (χ2n) is 15.9. The summed E-state index contributed by atoms with van der Waals surface area (Å²) in [6.45, 7) is 13.6. The number of carbonyl (C=O) groups is 2. The zero-order valence-corrected chi connectivity index (χ0v) is 33.7. The van der Waals surface area contributed by atoms with Gasteiger partial charge < -0.3 is 37.3 Å². The van der Waals surface area contributed by atoms with Gasteiger partial charge in [0.25, 0.3) is 0 Å². The predicted octanol–water partition coefficient (Wildman–Crippen LogP) is 8.86. The lowest BCUT2D eigenvalue weighted by atomic mass is 9.99. The first-order valence-corrected chi connectivity index (χ1v) is 19.2. The van der Waals surface area contributed by atoms with Crippen LogP contribution in [0.2, 0.25) is 0 Å². The van der Waals surface area contributed by atoms with Gasteiger partial charge in [-0.3, -0.25) is 9.80 Å². The van der Waals surface area contributed by atoms with Gasteiger partial charge in [-0.15, -0.1) is 0 Å². The number of hydrogen-bond acceptors (Lipinski definition) is 12. The van der Waals surface area contributed by atoms with E-state index in [1.807, 2.05) is 77.9 Å². The van der Waals surface area contributed by atoms with Crippen LogP contribution < -0.4 is 9.47 Å². The molecule has 0 bridgehead atoms. The number of hydrogen-bond donors (Lipinski definition) is 0. The number of nitrogens with zero attached hydrogens (tertiary/aromatic N) is 4. The van der Waals surface area contributed by atoms with Gasteiger partial charge in [-0.05, 0) is 91.5 Å². The number of likely N-dealkylation sites (tertiary alicyclic amines) is 2. The molecule has 56 heavy (non-hydrogen) atoms. The molecule has 0 spiro atoms. The van der Waals surface area contributed by atoms with Crippen molar-refractivity contribution >= 4 is 12.2 Å². The molecule has 6 rings (SSSR count). The lowest BCUT2D eigenvalue weighted by Crippen LogP contribution is -2.36. The number of methoxy groups -OCH3 is 2. The molecule has 302 valence electrons. The molecular formula is C42H54N4O10. The quantitative estimate of drug-likeness (QED) is 0.120. The predicted molar refractivity (Wildman–Crippen MR) is 207 cm³/mol. The molecule has 2 saturated heterocycles. The Morgan fingerprint density at radius 3 is 1.45 bits per heavy atom. The molecule has 0 unspecified atom stereocenters. The second kappa shape index (κ2) is 17.4. The fraction of sp³-hybridized carbons (Fsp3) is 0.524. The van der Waals surface area contributed by atoms with Crippen molar-refractivity contribution in [3.05, 3.63) is 60.6 Å². The highest BCUT2D eigenvalue weighted by molar-refractivity contribution is 5.81. The fourth-order valence-corrected chi connectivity index (χ4v) is 6.78. The van der Waals surface area contributed by atoms with Crippen LogP contribution in [0, 0.1) is 0 Å². The summed E-state index contributed by atoms with van der Waals surface area (Å²) in [7, 11) is 3.25. The van der Waals surface area contributed by atoms with Crippen molar-refractivity contribution in [2.45, 2.75) is 90.5 Å². The third-order valence-corrected chi connectivity index (χ3v) is 9.29. The second-order valence-corrected chi connectivity index (χ2v) is 15.9. The Balaban J connectivity index is 1.29. The normalized spacial score (nSPS) is 17.4. The van der Waals surface area contributed by atoms with Crippen LogP contribution in [0.25, 0.3) is 33.8 Å². The Bertz CT molecular complexity index is 1820. The highest BCUT2D eigenvalue weighted by atomic mass is 16.6. The van der Waals surface area contributed by atoms with Crippen molar-refractivity contribution in [2.24, 2.45) is 0 Å². The van der Waals surface area contributed by atoms with E-state index < -0.39 is 11.2 Å². The van der Waals surface area contributed by atoms with Crippen molar-refractivity contribution in [3.63, 3.8) is 0 Å². The van der Waals surface area contributed by atoms with Crippen LogP contribution in [0.5, 0.6) is 11.5 Å². The first kappa shape index (κ1) is 40.6. The molecule has 2 atom stereocenters.